The minimum absolute atomic E-state index is 0.542. The Balaban J connectivity index is 2.61. The van der Waals surface area contributed by atoms with Crippen LogP contribution in [0, 0.1) is 0 Å². The Morgan fingerprint density at radius 2 is 2.12 bits per heavy atom. The van der Waals surface area contributed by atoms with Gasteiger partial charge in [-0.2, -0.15) is 0 Å². The summed E-state index contributed by atoms with van der Waals surface area (Å²) >= 11 is 0. The normalized spacial score (nSPS) is 24.8. The number of piperazine rings is 1. The average molecular weight is 239 g/mol. The first-order chi connectivity index (χ1) is 8.04. The molecule has 0 spiro atoms. The molecule has 0 aromatic heterocycles. The predicted molar refractivity (Wildman–Crippen MR) is 75.4 cm³/mol. The number of likely N-dealkylation sites (N-methyl/N-ethyl adjacent to an activating group) is 2. The van der Waals surface area contributed by atoms with Gasteiger partial charge < -0.3 is 10.2 Å². The van der Waals surface area contributed by atoms with Crippen molar-refractivity contribution in [1.29, 1.82) is 0 Å². The fourth-order valence-corrected chi connectivity index (χ4v) is 2.53. The van der Waals surface area contributed by atoms with Crippen LogP contribution in [-0.2, 0) is 0 Å². The molecule has 1 N–H and O–H groups in total. The average Bonchev–Trinajstić information content (AvgIpc) is 2.27. The van der Waals surface area contributed by atoms with Crippen LogP contribution in [0.25, 0.3) is 0 Å². The van der Waals surface area contributed by atoms with Crippen LogP contribution >= 0.6 is 0 Å². The van der Waals surface area contributed by atoms with E-state index in [1.165, 1.54) is 25.1 Å². The van der Waals surface area contributed by atoms with Crippen LogP contribution in [0.4, 0.5) is 0 Å². The Morgan fingerprint density at radius 3 is 2.71 bits per heavy atom. The Hall–Kier alpha value is -0.380. The van der Waals surface area contributed by atoms with Crippen LogP contribution in [0.15, 0.2) is 12.2 Å². The minimum Gasteiger partial charge on any atom is -0.312 e. The van der Waals surface area contributed by atoms with Crippen LogP contribution < -0.4 is 5.32 Å². The van der Waals surface area contributed by atoms with Gasteiger partial charge in [0.25, 0.3) is 0 Å². The molecule has 0 amide bonds. The topological polar surface area (TPSA) is 18.5 Å². The van der Waals surface area contributed by atoms with E-state index in [4.69, 9.17) is 0 Å². The first-order valence-electron chi connectivity index (χ1n) is 6.81. The Kier molecular flexibility index (Phi) is 6.17. The van der Waals surface area contributed by atoms with E-state index in [9.17, 15) is 0 Å². The molecule has 17 heavy (non-hydrogen) atoms. The van der Waals surface area contributed by atoms with Crippen LogP contribution in [0.5, 0.6) is 0 Å². The van der Waals surface area contributed by atoms with Crippen molar-refractivity contribution >= 4 is 0 Å². The van der Waals surface area contributed by atoms with E-state index in [0.717, 1.165) is 19.5 Å². The van der Waals surface area contributed by atoms with Gasteiger partial charge >= 0.3 is 0 Å². The molecule has 3 nitrogen and oxygen atoms in total. The Labute approximate surface area is 107 Å². The Bertz CT molecular complexity index is 240. The highest BCUT2D eigenvalue weighted by Gasteiger charge is 2.29. The van der Waals surface area contributed by atoms with E-state index in [-0.39, 0.29) is 0 Å². The molecule has 1 aliphatic heterocycles. The maximum Gasteiger partial charge on any atom is 0.0377 e. The van der Waals surface area contributed by atoms with Crippen LogP contribution in [0.2, 0.25) is 0 Å². The van der Waals surface area contributed by atoms with Gasteiger partial charge in [0.2, 0.25) is 0 Å². The highest BCUT2D eigenvalue weighted by Crippen LogP contribution is 2.15. The second-order valence-corrected chi connectivity index (χ2v) is 5.53. The summed E-state index contributed by atoms with van der Waals surface area (Å²) in [7, 11) is 4.47. The largest absolute Gasteiger partial charge is 0.312 e. The van der Waals surface area contributed by atoms with Gasteiger partial charge in [0.05, 0.1) is 0 Å². The van der Waals surface area contributed by atoms with Crippen molar-refractivity contribution in [3.05, 3.63) is 12.2 Å². The lowest BCUT2D eigenvalue weighted by atomic mass is 9.97. The summed E-state index contributed by atoms with van der Waals surface area (Å²) in [5.74, 6) is 0. The van der Waals surface area contributed by atoms with Crippen molar-refractivity contribution in [3.8, 4) is 0 Å². The van der Waals surface area contributed by atoms with Gasteiger partial charge in [0, 0.05) is 31.7 Å². The van der Waals surface area contributed by atoms with Crippen molar-refractivity contribution in [2.45, 2.75) is 38.8 Å². The van der Waals surface area contributed by atoms with Gasteiger partial charge in [-0.1, -0.05) is 12.5 Å². The maximum atomic E-state index is 4.07. The van der Waals surface area contributed by atoms with Gasteiger partial charge in [-0.05, 0) is 40.4 Å². The van der Waals surface area contributed by atoms with Crippen molar-refractivity contribution in [2.75, 3.05) is 40.3 Å². The lowest BCUT2D eigenvalue weighted by molar-refractivity contribution is 0.0877. The lowest BCUT2D eigenvalue weighted by Crippen LogP contribution is -2.58. The molecule has 0 aliphatic carbocycles. The van der Waals surface area contributed by atoms with Gasteiger partial charge in [-0.15, -0.1) is 6.58 Å². The predicted octanol–water partition coefficient (Wildman–Crippen LogP) is 1.57. The molecule has 1 fully saturated rings. The third-order valence-corrected chi connectivity index (χ3v) is 3.59. The highest BCUT2D eigenvalue weighted by molar-refractivity contribution is 4.99. The number of nitrogens with one attached hydrogen (secondary N) is 1. The monoisotopic (exact) mass is 239 g/mol. The summed E-state index contributed by atoms with van der Waals surface area (Å²) in [6, 6.07) is 1.15. The van der Waals surface area contributed by atoms with E-state index in [2.05, 4.69) is 49.6 Å². The number of hydrogen-bond donors (Lipinski definition) is 1. The summed E-state index contributed by atoms with van der Waals surface area (Å²) in [6.45, 7) is 13.0. The van der Waals surface area contributed by atoms with E-state index in [1.54, 1.807) is 0 Å². The summed E-state index contributed by atoms with van der Waals surface area (Å²) in [5, 5.41) is 3.69. The standard InChI is InChI=1S/C14H29N3/c1-6-7-15-13(10-12(2)3)14-11-16(4)8-9-17(14)5/h13-15H,2,6-11H2,1,3-5H3. The molecule has 0 aromatic rings. The second kappa shape index (κ2) is 7.14. The first-order valence-corrected chi connectivity index (χ1v) is 6.81. The van der Waals surface area contributed by atoms with Gasteiger partial charge in [0.1, 0.15) is 0 Å². The van der Waals surface area contributed by atoms with Gasteiger partial charge in [0.15, 0.2) is 0 Å². The maximum absolute atomic E-state index is 4.07. The number of nitrogens with zero attached hydrogens (tertiary/aromatic N) is 2. The van der Waals surface area contributed by atoms with Crippen LogP contribution in [-0.4, -0.2) is 62.2 Å². The molecule has 100 valence electrons. The molecular weight excluding hydrogens is 210 g/mol. The summed E-state index contributed by atoms with van der Waals surface area (Å²) in [5.41, 5.74) is 1.28. The van der Waals surface area contributed by atoms with E-state index >= 15 is 0 Å². The molecule has 0 aromatic carbocycles. The molecule has 1 heterocycles. The smallest absolute Gasteiger partial charge is 0.0377 e. The molecule has 1 aliphatic rings. The van der Waals surface area contributed by atoms with Crippen molar-refractivity contribution < 1.29 is 0 Å². The molecular formula is C14H29N3. The SMILES string of the molecule is C=C(C)CC(NCCC)C1CN(C)CCN1C. The molecule has 1 rings (SSSR count). The minimum atomic E-state index is 0.542. The third-order valence-electron chi connectivity index (χ3n) is 3.59. The second-order valence-electron chi connectivity index (χ2n) is 5.53. The van der Waals surface area contributed by atoms with Gasteiger partial charge in [-0.25, -0.2) is 0 Å². The van der Waals surface area contributed by atoms with Crippen LogP contribution in [0.1, 0.15) is 26.7 Å². The lowest BCUT2D eigenvalue weighted by Gasteiger charge is -2.42. The molecule has 0 saturated carbocycles. The van der Waals surface area contributed by atoms with E-state index in [1.807, 2.05) is 0 Å². The third kappa shape index (κ3) is 4.78. The molecule has 0 bridgehead atoms. The van der Waals surface area contributed by atoms with Gasteiger partial charge in [-0.3, -0.25) is 4.90 Å². The summed E-state index contributed by atoms with van der Waals surface area (Å²) < 4.78 is 0. The number of hydrogen-bond acceptors (Lipinski definition) is 3. The zero-order valence-electron chi connectivity index (χ0n) is 12.0. The zero-order valence-corrected chi connectivity index (χ0v) is 12.0. The molecule has 1 saturated heterocycles. The van der Waals surface area contributed by atoms with Crippen molar-refractivity contribution in [1.82, 2.24) is 15.1 Å². The molecule has 0 radical (unpaired) electrons. The van der Waals surface area contributed by atoms with Crippen molar-refractivity contribution in [3.63, 3.8) is 0 Å². The summed E-state index contributed by atoms with van der Waals surface area (Å²) in [6.07, 6.45) is 2.28. The molecule has 2 unspecified atom stereocenters. The Morgan fingerprint density at radius 1 is 1.41 bits per heavy atom. The quantitative estimate of drug-likeness (QED) is 0.710. The highest BCUT2D eigenvalue weighted by atomic mass is 15.3. The van der Waals surface area contributed by atoms with Crippen LogP contribution in [0.3, 0.4) is 0 Å². The number of rotatable bonds is 6. The van der Waals surface area contributed by atoms with E-state index < -0.39 is 0 Å². The molecule has 3 heteroatoms. The summed E-state index contributed by atoms with van der Waals surface area (Å²) in [4.78, 5) is 4.93. The fourth-order valence-electron chi connectivity index (χ4n) is 2.53. The first kappa shape index (κ1) is 14.7. The molecule has 2 atom stereocenters. The van der Waals surface area contributed by atoms with E-state index in [0.29, 0.717) is 12.1 Å². The fraction of sp³-hybridized carbons (Fsp3) is 0.857. The zero-order chi connectivity index (χ0) is 12.8. The van der Waals surface area contributed by atoms with Crippen molar-refractivity contribution in [2.24, 2.45) is 0 Å².